The highest BCUT2D eigenvalue weighted by atomic mass is 16.5. The first-order chi connectivity index (χ1) is 7.67. The summed E-state index contributed by atoms with van der Waals surface area (Å²) in [7, 11) is 0. The Kier molecular flexibility index (Phi) is 4.32. The first kappa shape index (κ1) is 12.0. The summed E-state index contributed by atoms with van der Waals surface area (Å²) in [4.78, 5) is 11.3. The van der Waals surface area contributed by atoms with Gasteiger partial charge in [-0.3, -0.25) is 0 Å². The smallest absolute Gasteiger partial charge is 0.356 e. The Labute approximate surface area is 93.0 Å². The zero-order valence-corrected chi connectivity index (χ0v) is 8.88. The highest BCUT2D eigenvalue weighted by Gasteiger charge is 2.13. The molecular formula is C11H13NO4. The third kappa shape index (κ3) is 3.27. The van der Waals surface area contributed by atoms with Gasteiger partial charge in [-0.15, -0.1) is 0 Å². The number of nitrogens with zero attached hydrogens (tertiary/aromatic N) is 1. The number of ether oxygens (including phenoxy) is 1. The maximum Gasteiger partial charge on any atom is 0.356 e. The van der Waals surface area contributed by atoms with E-state index in [0.717, 1.165) is 5.56 Å². The summed E-state index contributed by atoms with van der Waals surface area (Å²) in [6, 6.07) is 6.27. The van der Waals surface area contributed by atoms with Crippen molar-refractivity contribution in [1.29, 1.82) is 0 Å². The second-order valence-corrected chi connectivity index (χ2v) is 3.11. The number of carbonyl (C=O) groups excluding carboxylic acids is 1. The van der Waals surface area contributed by atoms with Gasteiger partial charge in [0.05, 0.1) is 6.61 Å². The van der Waals surface area contributed by atoms with Crippen LogP contribution in [0.4, 0.5) is 0 Å². The molecule has 0 aromatic heterocycles. The van der Waals surface area contributed by atoms with Gasteiger partial charge in [0, 0.05) is 6.42 Å². The van der Waals surface area contributed by atoms with Gasteiger partial charge in [-0.05, 0) is 24.6 Å². The first-order valence-corrected chi connectivity index (χ1v) is 4.83. The lowest BCUT2D eigenvalue weighted by molar-refractivity contribution is -0.135. The lowest BCUT2D eigenvalue weighted by atomic mass is 10.1. The molecular weight excluding hydrogens is 210 g/mol. The van der Waals surface area contributed by atoms with Crippen LogP contribution in [0.15, 0.2) is 29.4 Å². The van der Waals surface area contributed by atoms with Crippen molar-refractivity contribution in [1.82, 2.24) is 0 Å². The van der Waals surface area contributed by atoms with Crippen molar-refractivity contribution in [2.75, 3.05) is 6.61 Å². The molecule has 0 radical (unpaired) electrons. The van der Waals surface area contributed by atoms with Crippen LogP contribution in [0, 0.1) is 0 Å². The highest BCUT2D eigenvalue weighted by molar-refractivity contribution is 6.36. The fraction of sp³-hybridized carbons (Fsp3) is 0.273. The summed E-state index contributed by atoms with van der Waals surface area (Å²) >= 11 is 0. The number of benzene rings is 1. The normalized spacial score (nSPS) is 11.2. The van der Waals surface area contributed by atoms with Crippen LogP contribution in [-0.2, 0) is 16.0 Å². The standard InChI is InChI=1S/C11H13NO4/c1-2-16-11(14)10(12-15)7-8-3-5-9(13)6-4-8/h3-6,13,15H,2,7H2,1H3. The van der Waals surface area contributed by atoms with Gasteiger partial charge >= 0.3 is 5.97 Å². The maximum atomic E-state index is 11.3. The monoisotopic (exact) mass is 223 g/mol. The Balaban J connectivity index is 2.71. The second-order valence-electron chi connectivity index (χ2n) is 3.11. The Morgan fingerprint density at radius 3 is 2.50 bits per heavy atom. The molecule has 0 bridgehead atoms. The summed E-state index contributed by atoms with van der Waals surface area (Å²) < 4.78 is 4.71. The molecule has 0 unspecified atom stereocenters. The minimum absolute atomic E-state index is 0.0625. The van der Waals surface area contributed by atoms with Crippen molar-refractivity contribution in [2.45, 2.75) is 13.3 Å². The number of hydrogen-bond acceptors (Lipinski definition) is 5. The van der Waals surface area contributed by atoms with Crippen molar-refractivity contribution in [3.05, 3.63) is 29.8 Å². The number of oxime groups is 1. The predicted octanol–water partition coefficient (Wildman–Crippen LogP) is 1.33. The van der Waals surface area contributed by atoms with Crippen molar-refractivity contribution >= 4 is 11.7 Å². The van der Waals surface area contributed by atoms with Crippen LogP contribution in [0.2, 0.25) is 0 Å². The highest BCUT2D eigenvalue weighted by Crippen LogP contribution is 2.10. The molecule has 0 amide bonds. The number of hydrogen-bond donors (Lipinski definition) is 2. The molecule has 1 aromatic rings. The van der Waals surface area contributed by atoms with E-state index >= 15 is 0 Å². The number of aromatic hydroxyl groups is 1. The number of esters is 1. The van der Waals surface area contributed by atoms with Gasteiger partial charge in [-0.1, -0.05) is 17.3 Å². The third-order valence-electron chi connectivity index (χ3n) is 1.94. The van der Waals surface area contributed by atoms with E-state index in [1.165, 1.54) is 12.1 Å². The number of rotatable bonds is 4. The van der Waals surface area contributed by atoms with Crippen molar-refractivity contribution in [3.8, 4) is 5.75 Å². The van der Waals surface area contributed by atoms with E-state index in [1.54, 1.807) is 19.1 Å². The molecule has 2 N–H and O–H groups in total. The van der Waals surface area contributed by atoms with Crippen LogP contribution < -0.4 is 0 Å². The molecule has 0 heterocycles. The van der Waals surface area contributed by atoms with E-state index in [9.17, 15) is 4.79 Å². The average Bonchev–Trinajstić information content (AvgIpc) is 2.28. The summed E-state index contributed by atoms with van der Waals surface area (Å²) in [6.45, 7) is 1.90. The van der Waals surface area contributed by atoms with Crippen LogP contribution in [0.25, 0.3) is 0 Å². The molecule has 0 spiro atoms. The van der Waals surface area contributed by atoms with Gasteiger partial charge in [0.2, 0.25) is 0 Å². The quantitative estimate of drug-likeness (QED) is 0.349. The molecule has 1 aromatic carbocycles. The van der Waals surface area contributed by atoms with E-state index in [4.69, 9.17) is 15.1 Å². The first-order valence-electron chi connectivity index (χ1n) is 4.83. The van der Waals surface area contributed by atoms with E-state index in [-0.39, 0.29) is 24.5 Å². The van der Waals surface area contributed by atoms with Crippen LogP contribution in [-0.4, -0.2) is 28.6 Å². The zero-order chi connectivity index (χ0) is 12.0. The zero-order valence-electron chi connectivity index (χ0n) is 8.88. The van der Waals surface area contributed by atoms with Crippen molar-refractivity contribution < 1.29 is 19.8 Å². The van der Waals surface area contributed by atoms with Crippen molar-refractivity contribution in [3.63, 3.8) is 0 Å². The Bertz CT molecular complexity index is 383. The molecule has 0 saturated heterocycles. The summed E-state index contributed by atoms with van der Waals surface area (Å²) in [5, 5.41) is 20.7. The van der Waals surface area contributed by atoms with Crippen LogP contribution in [0.5, 0.6) is 5.75 Å². The molecule has 0 atom stereocenters. The molecule has 0 aliphatic carbocycles. The summed E-state index contributed by atoms with van der Waals surface area (Å²) in [5.41, 5.74) is 0.686. The minimum Gasteiger partial charge on any atom is -0.508 e. The molecule has 5 heteroatoms. The molecule has 0 saturated carbocycles. The molecule has 1 rings (SSSR count). The molecule has 0 aliphatic rings. The molecule has 0 aliphatic heterocycles. The van der Waals surface area contributed by atoms with E-state index in [2.05, 4.69) is 5.16 Å². The molecule has 86 valence electrons. The van der Waals surface area contributed by atoms with Crippen LogP contribution in [0.3, 0.4) is 0 Å². The van der Waals surface area contributed by atoms with Gasteiger partial charge in [-0.25, -0.2) is 4.79 Å². The minimum atomic E-state index is -0.641. The Hall–Kier alpha value is -2.04. The van der Waals surface area contributed by atoms with Gasteiger partial charge in [-0.2, -0.15) is 0 Å². The van der Waals surface area contributed by atoms with E-state index < -0.39 is 5.97 Å². The van der Waals surface area contributed by atoms with Gasteiger partial charge < -0.3 is 15.1 Å². The summed E-state index contributed by atoms with van der Waals surface area (Å²) in [5.74, 6) is -0.500. The van der Waals surface area contributed by atoms with Gasteiger partial charge in [0.1, 0.15) is 5.75 Å². The lowest BCUT2D eigenvalue weighted by Crippen LogP contribution is -2.19. The molecule has 0 fully saturated rings. The number of phenols is 1. The fourth-order valence-corrected chi connectivity index (χ4v) is 1.17. The lowest BCUT2D eigenvalue weighted by Gasteiger charge is -2.04. The van der Waals surface area contributed by atoms with E-state index in [0.29, 0.717) is 0 Å². The molecule has 5 nitrogen and oxygen atoms in total. The van der Waals surface area contributed by atoms with Gasteiger partial charge in [0.25, 0.3) is 0 Å². The summed E-state index contributed by atoms with van der Waals surface area (Å²) in [6.07, 6.45) is 0.162. The second kappa shape index (κ2) is 5.75. The number of phenolic OH excluding ortho intramolecular Hbond substituents is 1. The predicted molar refractivity (Wildman–Crippen MR) is 57.7 cm³/mol. The SMILES string of the molecule is CCOC(=O)C(Cc1ccc(O)cc1)=NO. The largest absolute Gasteiger partial charge is 0.508 e. The van der Waals surface area contributed by atoms with Crippen molar-refractivity contribution in [2.24, 2.45) is 5.16 Å². The van der Waals surface area contributed by atoms with E-state index in [1.807, 2.05) is 0 Å². The maximum absolute atomic E-state index is 11.3. The van der Waals surface area contributed by atoms with Gasteiger partial charge in [0.15, 0.2) is 5.71 Å². The van der Waals surface area contributed by atoms with Crippen LogP contribution >= 0.6 is 0 Å². The average molecular weight is 223 g/mol. The van der Waals surface area contributed by atoms with Crippen LogP contribution in [0.1, 0.15) is 12.5 Å². The fourth-order valence-electron chi connectivity index (χ4n) is 1.17. The Morgan fingerprint density at radius 1 is 1.38 bits per heavy atom. The number of carbonyl (C=O) groups is 1. The third-order valence-corrected chi connectivity index (χ3v) is 1.94. The topological polar surface area (TPSA) is 79.1 Å². The Morgan fingerprint density at radius 2 is 2.00 bits per heavy atom. The molecule has 16 heavy (non-hydrogen) atoms.